The van der Waals surface area contributed by atoms with E-state index in [1.54, 1.807) is 6.20 Å². The Labute approximate surface area is 112 Å². The van der Waals surface area contributed by atoms with E-state index in [0.717, 1.165) is 16.8 Å². The summed E-state index contributed by atoms with van der Waals surface area (Å²) in [5, 5.41) is 4.64. The number of rotatable bonds is 2. The Morgan fingerprint density at radius 3 is 3.22 bits per heavy atom. The Morgan fingerprint density at radius 1 is 1.50 bits per heavy atom. The van der Waals surface area contributed by atoms with Gasteiger partial charge in [-0.1, -0.05) is 24.6 Å². The lowest BCUT2D eigenvalue weighted by molar-refractivity contribution is 0.311. The number of nitrogens with one attached hydrogen (secondary N) is 1. The van der Waals surface area contributed by atoms with E-state index in [0.29, 0.717) is 18.5 Å². The first-order chi connectivity index (χ1) is 8.81. The topological polar surface area (TPSA) is 50.4 Å². The molecule has 1 aliphatic carbocycles. The number of aliphatic imine (C=N–C) groups is 1. The van der Waals surface area contributed by atoms with Crippen LogP contribution in [0.3, 0.4) is 0 Å². The Bertz CT molecular complexity index is 443. The summed E-state index contributed by atoms with van der Waals surface area (Å²) in [6.45, 7) is 2.45. The van der Waals surface area contributed by atoms with E-state index in [1.165, 1.54) is 31.4 Å². The minimum Gasteiger partial charge on any atom is -0.444 e. The van der Waals surface area contributed by atoms with Crippen LogP contribution >= 0.6 is 11.8 Å². The molecule has 1 aliphatic heterocycles. The molecular formula is C13H19N3OS. The van der Waals surface area contributed by atoms with Gasteiger partial charge < -0.3 is 9.73 Å². The number of aryl methyl sites for hydroxylation is 1. The molecule has 1 aromatic heterocycles. The SMILES string of the molecule is Cc1cnc(CN=C2NC3CCCCC3CS2)o1. The van der Waals surface area contributed by atoms with Gasteiger partial charge in [-0.25, -0.2) is 4.98 Å². The lowest BCUT2D eigenvalue weighted by Gasteiger charge is -2.36. The summed E-state index contributed by atoms with van der Waals surface area (Å²) in [5.41, 5.74) is 0. The predicted molar refractivity (Wildman–Crippen MR) is 73.7 cm³/mol. The molecule has 18 heavy (non-hydrogen) atoms. The molecule has 0 aromatic carbocycles. The van der Waals surface area contributed by atoms with Gasteiger partial charge in [0.15, 0.2) is 5.17 Å². The number of hydrogen-bond acceptors (Lipinski definition) is 4. The summed E-state index contributed by atoms with van der Waals surface area (Å²) in [4.78, 5) is 8.74. The first kappa shape index (κ1) is 12.1. The van der Waals surface area contributed by atoms with E-state index in [4.69, 9.17) is 4.42 Å². The fourth-order valence-electron chi connectivity index (χ4n) is 2.69. The van der Waals surface area contributed by atoms with Crippen LogP contribution in [0.25, 0.3) is 0 Å². The van der Waals surface area contributed by atoms with Gasteiger partial charge >= 0.3 is 0 Å². The minimum absolute atomic E-state index is 0.542. The molecule has 0 radical (unpaired) electrons. The van der Waals surface area contributed by atoms with Gasteiger partial charge in [0.25, 0.3) is 0 Å². The highest BCUT2D eigenvalue weighted by Crippen LogP contribution is 2.31. The van der Waals surface area contributed by atoms with E-state index < -0.39 is 0 Å². The molecule has 3 rings (SSSR count). The van der Waals surface area contributed by atoms with Crippen molar-refractivity contribution in [2.24, 2.45) is 10.9 Å². The van der Waals surface area contributed by atoms with Crippen molar-refractivity contribution in [1.29, 1.82) is 0 Å². The maximum absolute atomic E-state index is 5.43. The van der Waals surface area contributed by atoms with Crippen LogP contribution in [-0.4, -0.2) is 21.9 Å². The van der Waals surface area contributed by atoms with E-state index in [2.05, 4.69) is 15.3 Å². The summed E-state index contributed by atoms with van der Waals surface area (Å²) in [6, 6.07) is 0.644. The lowest BCUT2D eigenvalue weighted by Crippen LogP contribution is -2.46. The number of nitrogens with zero attached hydrogens (tertiary/aromatic N) is 2. The third kappa shape index (κ3) is 2.71. The minimum atomic E-state index is 0.542. The Hall–Kier alpha value is -0.970. The maximum atomic E-state index is 5.43. The summed E-state index contributed by atoms with van der Waals surface area (Å²) >= 11 is 1.84. The Balaban J connectivity index is 1.59. The largest absolute Gasteiger partial charge is 0.444 e. The molecule has 2 aliphatic rings. The van der Waals surface area contributed by atoms with E-state index in [-0.39, 0.29) is 0 Å². The van der Waals surface area contributed by atoms with Gasteiger partial charge in [0.2, 0.25) is 5.89 Å². The second kappa shape index (κ2) is 5.34. The van der Waals surface area contributed by atoms with Crippen molar-refractivity contribution < 1.29 is 4.42 Å². The fourth-order valence-corrected chi connectivity index (χ4v) is 3.85. The van der Waals surface area contributed by atoms with Gasteiger partial charge in [-0.05, 0) is 25.7 Å². The summed E-state index contributed by atoms with van der Waals surface area (Å²) < 4.78 is 5.43. The van der Waals surface area contributed by atoms with Crippen molar-refractivity contribution in [2.75, 3.05) is 5.75 Å². The van der Waals surface area contributed by atoms with Crippen molar-refractivity contribution in [3.8, 4) is 0 Å². The van der Waals surface area contributed by atoms with Crippen LogP contribution < -0.4 is 5.32 Å². The van der Waals surface area contributed by atoms with Gasteiger partial charge in [0.05, 0.1) is 6.20 Å². The van der Waals surface area contributed by atoms with Gasteiger partial charge in [-0.3, -0.25) is 4.99 Å². The third-order valence-corrected chi connectivity index (χ3v) is 4.79. The third-order valence-electron chi connectivity index (χ3n) is 3.68. The number of aromatic nitrogens is 1. The van der Waals surface area contributed by atoms with E-state index in [9.17, 15) is 0 Å². The van der Waals surface area contributed by atoms with Crippen molar-refractivity contribution >= 4 is 16.9 Å². The van der Waals surface area contributed by atoms with E-state index in [1.807, 2.05) is 18.7 Å². The summed E-state index contributed by atoms with van der Waals surface area (Å²) in [5.74, 6) is 3.60. The maximum Gasteiger partial charge on any atom is 0.216 e. The molecule has 1 aromatic rings. The van der Waals surface area contributed by atoms with Gasteiger partial charge in [0, 0.05) is 11.8 Å². The summed E-state index contributed by atoms with van der Waals surface area (Å²) in [7, 11) is 0. The van der Waals surface area contributed by atoms with Crippen molar-refractivity contribution in [3.63, 3.8) is 0 Å². The molecule has 5 heteroatoms. The molecule has 2 heterocycles. The van der Waals surface area contributed by atoms with Crippen molar-refractivity contribution in [3.05, 3.63) is 17.8 Å². The zero-order chi connectivity index (χ0) is 12.4. The zero-order valence-electron chi connectivity index (χ0n) is 10.7. The van der Waals surface area contributed by atoms with Crippen molar-refractivity contribution in [1.82, 2.24) is 10.3 Å². The smallest absolute Gasteiger partial charge is 0.216 e. The van der Waals surface area contributed by atoms with Crippen LogP contribution in [0, 0.1) is 12.8 Å². The summed E-state index contributed by atoms with van der Waals surface area (Å²) in [6.07, 6.45) is 7.16. The molecular weight excluding hydrogens is 246 g/mol. The Kier molecular flexibility index (Phi) is 3.59. The van der Waals surface area contributed by atoms with Crippen LogP contribution in [0.1, 0.15) is 37.3 Å². The molecule has 98 valence electrons. The number of oxazole rings is 1. The molecule has 0 amide bonds. The van der Waals surface area contributed by atoms with Crippen molar-refractivity contribution in [2.45, 2.75) is 45.2 Å². The number of fused-ring (bicyclic) bond motifs is 1. The van der Waals surface area contributed by atoms with E-state index >= 15 is 0 Å². The lowest BCUT2D eigenvalue weighted by atomic mass is 9.86. The molecule has 1 N–H and O–H groups in total. The Morgan fingerprint density at radius 2 is 2.39 bits per heavy atom. The first-order valence-corrected chi connectivity index (χ1v) is 7.65. The van der Waals surface area contributed by atoms with Gasteiger partial charge in [-0.2, -0.15) is 0 Å². The zero-order valence-corrected chi connectivity index (χ0v) is 11.5. The fraction of sp³-hybridized carbons (Fsp3) is 0.692. The average molecular weight is 265 g/mol. The number of hydrogen-bond donors (Lipinski definition) is 1. The van der Waals surface area contributed by atoms with Crippen LogP contribution in [0.2, 0.25) is 0 Å². The molecule has 0 bridgehead atoms. The molecule has 1 saturated heterocycles. The highest BCUT2D eigenvalue weighted by Gasteiger charge is 2.30. The highest BCUT2D eigenvalue weighted by atomic mass is 32.2. The molecule has 4 nitrogen and oxygen atoms in total. The second-order valence-corrected chi connectivity index (χ2v) is 6.10. The number of amidine groups is 1. The van der Waals surface area contributed by atoms with Crippen LogP contribution in [0.5, 0.6) is 0 Å². The first-order valence-electron chi connectivity index (χ1n) is 6.66. The highest BCUT2D eigenvalue weighted by molar-refractivity contribution is 8.13. The van der Waals surface area contributed by atoms with Crippen LogP contribution in [0.15, 0.2) is 15.6 Å². The molecule has 2 atom stereocenters. The van der Waals surface area contributed by atoms with Gasteiger partial charge in [0.1, 0.15) is 12.3 Å². The number of thioether (sulfide) groups is 1. The molecule has 0 spiro atoms. The van der Waals surface area contributed by atoms with Gasteiger partial charge in [-0.15, -0.1) is 0 Å². The monoisotopic (exact) mass is 265 g/mol. The molecule has 2 unspecified atom stereocenters. The average Bonchev–Trinajstić information content (AvgIpc) is 2.82. The normalized spacial score (nSPS) is 29.9. The quantitative estimate of drug-likeness (QED) is 0.893. The molecule has 2 fully saturated rings. The standard InChI is InChI=1S/C13H19N3OS/c1-9-6-14-12(17-9)7-15-13-16-11-5-3-2-4-10(11)8-18-13/h6,10-11H,2-5,7-8H2,1H3,(H,15,16). The second-order valence-electron chi connectivity index (χ2n) is 5.09. The van der Waals surface area contributed by atoms with Crippen LogP contribution in [-0.2, 0) is 6.54 Å². The van der Waals surface area contributed by atoms with Crippen LogP contribution in [0.4, 0.5) is 0 Å². The molecule has 1 saturated carbocycles. The predicted octanol–water partition coefficient (Wildman–Crippen LogP) is 2.73.